The zero-order chi connectivity index (χ0) is 15.7. The average Bonchev–Trinajstić information content (AvgIpc) is 3.11. The van der Waals surface area contributed by atoms with E-state index in [1.54, 1.807) is 6.33 Å². The molecule has 1 unspecified atom stereocenters. The molecule has 0 radical (unpaired) electrons. The van der Waals surface area contributed by atoms with E-state index in [1.165, 1.54) is 11.3 Å². The van der Waals surface area contributed by atoms with Gasteiger partial charge in [-0.15, -0.1) is 11.3 Å². The lowest BCUT2D eigenvalue weighted by molar-refractivity contribution is -0.117. The van der Waals surface area contributed by atoms with Crippen molar-refractivity contribution in [1.29, 1.82) is 5.26 Å². The molecule has 1 aliphatic rings. The van der Waals surface area contributed by atoms with Crippen LogP contribution in [0.4, 0.5) is 5.00 Å². The highest BCUT2D eigenvalue weighted by molar-refractivity contribution is 7.16. The van der Waals surface area contributed by atoms with Crippen LogP contribution in [0.2, 0.25) is 0 Å². The Bertz CT molecular complexity index is 753. The number of anilines is 1. The predicted molar refractivity (Wildman–Crippen MR) is 85.9 cm³/mol. The van der Waals surface area contributed by atoms with E-state index in [9.17, 15) is 10.1 Å². The summed E-state index contributed by atoms with van der Waals surface area (Å²) in [5, 5.41) is 12.8. The molecular weight excluding hydrogens is 296 g/mol. The maximum Gasteiger partial charge on any atom is 0.234 e. The van der Waals surface area contributed by atoms with Crippen molar-refractivity contribution in [3.8, 4) is 6.07 Å². The van der Waals surface area contributed by atoms with Crippen molar-refractivity contribution in [3.63, 3.8) is 0 Å². The fraction of sp³-hybridized carbons (Fsp3) is 0.438. The average molecular weight is 314 g/mol. The minimum absolute atomic E-state index is 0.0550. The third-order valence-electron chi connectivity index (χ3n) is 4.13. The van der Waals surface area contributed by atoms with Crippen LogP contribution in [0.15, 0.2) is 12.4 Å². The smallest absolute Gasteiger partial charge is 0.234 e. The highest BCUT2D eigenvalue weighted by Gasteiger charge is 2.30. The number of hydrogen-bond donors (Lipinski definition) is 1. The molecule has 22 heavy (non-hydrogen) atoms. The lowest BCUT2D eigenvalue weighted by Gasteiger charge is -2.21. The number of nitrogens with one attached hydrogen (secondary N) is 1. The second-order valence-electron chi connectivity index (χ2n) is 5.54. The summed E-state index contributed by atoms with van der Waals surface area (Å²) in [6.45, 7) is 2.04. The number of amides is 1. The largest absolute Gasteiger partial charge is 0.337 e. The Labute approximate surface area is 133 Å². The van der Waals surface area contributed by atoms with E-state index in [-0.39, 0.29) is 11.8 Å². The van der Waals surface area contributed by atoms with Gasteiger partial charge >= 0.3 is 0 Å². The van der Waals surface area contributed by atoms with Gasteiger partial charge in [0.15, 0.2) is 0 Å². The summed E-state index contributed by atoms with van der Waals surface area (Å²) < 4.78 is 2.00. The second kappa shape index (κ2) is 5.93. The summed E-state index contributed by atoms with van der Waals surface area (Å²) in [5.41, 5.74) is 2.58. The Morgan fingerprint density at radius 3 is 3.18 bits per heavy atom. The van der Waals surface area contributed by atoms with Gasteiger partial charge in [-0.05, 0) is 31.7 Å². The van der Waals surface area contributed by atoms with Gasteiger partial charge in [-0.2, -0.15) is 5.26 Å². The number of fused-ring (bicyclic) bond motifs is 1. The molecule has 1 aliphatic carbocycles. The molecule has 0 bridgehead atoms. The van der Waals surface area contributed by atoms with Gasteiger partial charge < -0.3 is 9.88 Å². The number of rotatable bonds is 3. The Kier molecular flexibility index (Phi) is 3.99. The van der Waals surface area contributed by atoms with Gasteiger partial charge in [0, 0.05) is 17.6 Å². The van der Waals surface area contributed by atoms with Crippen LogP contribution >= 0.6 is 11.3 Å². The van der Waals surface area contributed by atoms with E-state index >= 15 is 0 Å². The van der Waals surface area contributed by atoms with E-state index in [0.29, 0.717) is 10.6 Å². The lowest BCUT2D eigenvalue weighted by atomic mass is 9.89. The first-order valence-corrected chi connectivity index (χ1v) is 8.29. The van der Waals surface area contributed by atoms with Gasteiger partial charge in [-0.25, -0.2) is 4.98 Å². The quantitative estimate of drug-likeness (QED) is 0.946. The minimum Gasteiger partial charge on any atom is -0.337 e. The van der Waals surface area contributed by atoms with Crippen LogP contribution < -0.4 is 5.32 Å². The van der Waals surface area contributed by atoms with Gasteiger partial charge in [0.2, 0.25) is 5.91 Å². The number of aryl methyl sites for hydroxylation is 2. The van der Waals surface area contributed by atoms with E-state index in [0.717, 1.165) is 41.9 Å². The number of nitrogens with zero attached hydrogens (tertiary/aromatic N) is 3. The molecule has 0 aliphatic heterocycles. The lowest BCUT2D eigenvalue weighted by Crippen LogP contribution is -2.25. The van der Waals surface area contributed by atoms with Crippen LogP contribution in [-0.2, 0) is 24.7 Å². The van der Waals surface area contributed by atoms with Crippen molar-refractivity contribution in [2.45, 2.75) is 38.5 Å². The molecular formula is C16H18N4OS. The number of hydrogen-bond acceptors (Lipinski definition) is 4. The highest BCUT2D eigenvalue weighted by atomic mass is 32.1. The van der Waals surface area contributed by atoms with Crippen LogP contribution in [0.3, 0.4) is 0 Å². The van der Waals surface area contributed by atoms with Gasteiger partial charge in [0.25, 0.3) is 0 Å². The Balaban J connectivity index is 1.84. The molecule has 0 saturated heterocycles. The molecule has 1 atom stereocenters. The standard InChI is InChI=1S/C16H18N4OS/c1-3-11-7-10(8-17)16(22-11)19-15(21)12-5-4-6-13-14(12)18-9-20(13)2/h7,9,12H,3-6H2,1-2H3,(H,19,21). The van der Waals surface area contributed by atoms with Gasteiger partial charge in [0.1, 0.15) is 11.1 Å². The van der Waals surface area contributed by atoms with E-state index in [4.69, 9.17) is 0 Å². The predicted octanol–water partition coefficient (Wildman–Crippen LogP) is 2.97. The maximum absolute atomic E-state index is 12.6. The molecule has 5 nitrogen and oxygen atoms in total. The van der Waals surface area contributed by atoms with Crippen molar-refractivity contribution in [3.05, 3.63) is 34.2 Å². The zero-order valence-corrected chi connectivity index (χ0v) is 13.5. The van der Waals surface area contributed by atoms with E-state index < -0.39 is 0 Å². The normalized spacial score (nSPS) is 16.9. The van der Waals surface area contributed by atoms with Gasteiger partial charge in [-0.1, -0.05) is 6.92 Å². The van der Waals surface area contributed by atoms with Crippen molar-refractivity contribution in [2.75, 3.05) is 5.32 Å². The highest BCUT2D eigenvalue weighted by Crippen LogP contribution is 2.33. The first kappa shape index (κ1) is 14.8. The molecule has 1 N–H and O–H groups in total. The summed E-state index contributed by atoms with van der Waals surface area (Å²) in [6.07, 6.45) is 5.41. The molecule has 6 heteroatoms. The van der Waals surface area contributed by atoms with Crippen molar-refractivity contribution < 1.29 is 4.79 Å². The molecule has 2 heterocycles. The number of imidazole rings is 1. The van der Waals surface area contributed by atoms with Crippen LogP contribution in [0.5, 0.6) is 0 Å². The topological polar surface area (TPSA) is 70.7 Å². The number of carbonyl (C=O) groups is 1. The summed E-state index contributed by atoms with van der Waals surface area (Å²) in [6, 6.07) is 4.01. The van der Waals surface area contributed by atoms with E-state index in [1.807, 2.05) is 24.6 Å². The fourth-order valence-electron chi connectivity index (χ4n) is 2.93. The maximum atomic E-state index is 12.6. The molecule has 0 aromatic carbocycles. The zero-order valence-electron chi connectivity index (χ0n) is 12.7. The Morgan fingerprint density at radius 1 is 1.64 bits per heavy atom. The summed E-state index contributed by atoms with van der Waals surface area (Å²) in [4.78, 5) is 18.2. The summed E-state index contributed by atoms with van der Waals surface area (Å²) in [5.74, 6) is -0.274. The number of nitriles is 1. The molecule has 2 aromatic heterocycles. The monoisotopic (exact) mass is 314 g/mol. The minimum atomic E-state index is -0.219. The summed E-state index contributed by atoms with van der Waals surface area (Å²) in [7, 11) is 1.96. The van der Waals surface area contributed by atoms with E-state index in [2.05, 4.69) is 16.4 Å². The SMILES string of the molecule is CCc1cc(C#N)c(NC(=O)C2CCCc3c2ncn3C)s1. The molecule has 114 valence electrons. The molecule has 3 rings (SSSR count). The van der Waals surface area contributed by atoms with Crippen LogP contribution in [0.1, 0.15) is 47.5 Å². The Hall–Kier alpha value is -2.13. The molecule has 2 aromatic rings. The molecule has 0 fully saturated rings. The third-order valence-corrected chi connectivity index (χ3v) is 5.33. The van der Waals surface area contributed by atoms with Gasteiger partial charge in [0.05, 0.1) is 23.5 Å². The van der Waals surface area contributed by atoms with Crippen molar-refractivity contribution in [1.82, 2.24) is 9.55 Å². The molecule has 1 amide bonds. The van der Waals surface area contributed by atoms with Gasteiger partial charge in [-0.3, -0.25) is 4.79 Å². The second-order valence-corrected chi connectivity index (χ2v) is 6.68. The number of aromatic nitrogens is 2. The van der Waals surface area contributed by atoms with Crippen LogP contribution in [-0.4, -0.2) is 15.5 Å². The Morgan fingerprint density at radius 2 is 2.45 bits per heavy atom. The van der Waals surface area contributed by atoms with Crippen LogP contribution in [0.25, 0.3) is 0 Å². The number of carbonyl (C=O) groups excluding carboxylic acids is 1. The molecule has 0 spiro atoms. The molecule has 0 saturated carbocycles. The fourth-order valence-corrected chi connectivity index (χ4v) is 3.88. The van der Waals surface area contributed by atoms with Crippen molar-refractivity contribution in [2.24, 2.45) is 7.05 Å². The third kappa shape index (κ3) is 2.53. The first-order chi connectivity index (χ1) is 10.6. The van der Waals surface area contributed by atoms with Crippen LogP contribution in [0, 0.1) is 11.3 Å². The van der Waals surface area contributed by atoms with Crippen molar-refractivity contribution >= 4 is 22.2 Å². The number of thiophene rings is 1. The summed E-state index contributed by atoms with van der Waals surface area (Å²) >= 11 is 1.48. The first-order valence-electron chi connectivity index (χ1n) is 7.47.